The normalized spacial score (nSPS) is 19.5. The number of benzene rings is 2. The molecular formula is C19H15NO3. The summed E-state index contributed by atoms with van der Waals surface area (Å²) in [6.07, 6.45) is 0.596. The highest BCUT2D eigenvalue weighted by atomic mass is 16.4. The molecule has 1 aliphatic rings. The number of hydrogen-bond acceptors (Lipinski definition) is 3. The van der Waals surface area contributed by atoms with E-state index < -0.39 is 5.97 Å². The highest BCUT2D eigenvalue weighted by Crippen LogP contribution is 2.49. The summed E-state index contributed by atoms with van der Waals surface area (Å²) in [6.45, 7) is 0. The SMILES string of the molecule is O=C(O)[C@@H]1C[C@H]1c1nc(-c2ccccc2)c(-c2ccccc2)o1. The zero-order chi connectivity index (χ0) is 15.8. The highest BCUT2D eigenvalue weighted by Gasteiger charge is 2.48. The Morgan fingerprint density at radius 2 is 1.61 bits per heavy atom. The molecule has 0 spiro atoms. The molecule has 4 heteroatoms. The van der Waals surface area contributed by atoms with E-state index in [1.54, 1.807) is 0 Å². The Kier molecular flexibility index (Phi) is 3.23. The molecule has 0 aliphatic heterocycles. The first-order valence-electron chi connectivity index (χ1n) is 7.58. The van der Waals surface area contributed by atoms with Gasteiger partial charge >= 0.3 is 5.97 Å². The van der Waals surface area contributed by atoms with E-state index in [4.69, 9.17) is 9.52 Å². The zero-order valence-corrected chi connectivity index (χ0v) is 12.3. The van der Waals surface area contributed by atoms with Gasteiger partial charge in [0.1, 0.15) is 5.69 Å². The van der Waals surface area contributed by atoms with Gasteiger partial charge in [0, 0.05) is 17.0 Å². The van der Waals surface area contributed by atoms with Gasteiger partial charge in [-0.1, -0.05) is 60.7 Å². The third-order valence-electron chi connectivity index (χ3n) is 4.15. The van der Waals surface area contributed by atoms with Crippen molar-refractivity contribution in [2.45, 2.75) is 12.3 Å². The Balaban J connectivity index is 1.81. The predicted octanol–water partition coefficient (Wildman–Crippen LogP) is 4.20. The van der Waals surface area contributed by atoms with Crippen molar-refractivity contribution >= 4 is 5.97 Å². The molecule has 0 amide bonds. The van der Waals surface area contributed by atoms with Gasteiger partial charge in [-0.3, -0.25) is 4.79 Å². The van der Waals surface area contributed by atoms with Crippen molar-refractivity contribution in [2.75, 3.05) is 0 Å². The molecule has 23 heavy (non-hydrogen) atoms. The average molecular weight is 305 g/mol. The van der Waals surface area contributed by atoms with Crippen molar-refractivity contribution in [3.63, 3.8) is 0 Å². The molecule has 1 fully saturated rings. The standard InChI is InChI=1S/C19H15NO3/c21-19(22)15-11-14(15)18-20-16(12-7-3-1-4-8-12)17(23-18)13-9-5-2-6-10-13/h1-10,14-15H,11H2,(H,21,22)/t14-,15-/m1/s1. The fourth-order valence-electron chi connectivity index (χ4n) is 2.81. The van der Waals surface area contributed by atoms with Gasteiger partial charge in [0.05, 0.1) is 5.92 Å². The molecule has 1 aliphatic carbocycles. The van der Waals surface area contributed by atoms with Crippen LogP contribution < -0.4 is 0 Å². The zero-order valence-electron chi connectivity index (χ0n) is 12.3. The summed E-state index contributed by atoms with van der Waals surface area (Å²) >= 11 is 0. The van der Waals surface area contributed by atoms with Crippen molar-refractivity contribution in [3.05, 3.63) is 66.6 Å². The smallest absolute Gasteiger partial charge is 0.307 e. The maximum absolute atomic E-state index is 11.1. The van der Waals surface area contributed by atoms with Gasteiger partial charge in [0.2, 0.25) is 0 Å². The first kappa shape index (κ1) is 13.8. The number of aromatic nitrogens is 1. The molecule has 2 atom stereocenters. The van der Waals surface area contributed by atoms with E-state index in [9.17, 15) is 4.79 Å². The number of carbonyl (C=O) groups is 1. The number of aliphatic carboxylic acids is 1. The van der Waals surface area contributed by atoms with Crippen LogP contribution >= 0.6 is 0 Å². The number of carboxylic acids is 1. The van der Waals surface area contributed by atoms with Gasteiger partial charge in [-0.15, -0.1) is 0 Å². The lowest BCUT2D eigenvalue weighted by molar-refractivity contribution is -0.138. The molecule has 114 valence electrons. The van der Waals surface area contributed by atoms with E-state index in [-0.39, 0.29) is 11.8 Å². The van der Waals surface area contributed by atoms with E-state index in [1.165, 1.54) is 0 Å². The average Bonchev–Trinajstić information content (AvgIpc) is 3.28. The lowest BCUT2D eigenvalue weighted by Crippen LogP contribution is -1.98. The van der Waals surface area contributed by atoms with E-state index in [0.717, 1.165) is 16.8 Å². The van der Waals surface area contributed by atoms with Crippen LogP contribution in [0.3, 0.4) is 0 Å². The summed E-state index contributed by atoms with van der Waals surface area (Å²) in [5, 5.41) is 9.13. The van der Waals surface area contributed by atoms with Gasteiger partial charge in [-0.25, -0.2) is 4.98 Å². The Hall–Kier alpha value is -2.88. The van der Waals surface area contributed by atoms with Gasteiger partial charge in [-0.2, -0.15) is 0 Å². The van der Waals surface area contributed by atoms with Crippen LogP contribution in [-0.4, -0.2) is 16.1 Å². The van der Waals surface area contributed by atoms with Crippen molar-refractivity contribution in [1.82, 2.24) is 4.98 Å². The maximum Gasteiger partial charge on any atom is 0.307 e. The summed E-state index contributed by atoms with van der Waals surface area (Å²) in [6, 6.07) is 19.6. The van der Waals surface area contributed by atoms with Gasteiger partial charge in [0.15, 0.2) is 11.7 Å². The van der Waals surface area contributed by atoms with Crippen molar-refractivity contribution in [3.8, 4) is 22.6 Å². The summed E-state index contributed by atoms with van der Waals surface area (Å²) in [5.41, 5.74) is 2.68. The third kappa shape index (κ3) is 2.52. The molecular weight excluding hydrogens is 290 g/mol. The largest absolute Gasteiger partial charge is 0.481 e. The van der Waals surface area contributed by atoms with E-state index in [0.29, 0.717) is 18.1 Å². The van der Waals surface area contributed by atoms with Crippen LogP contribution in [0.2, 0.25) is 0 Å². The fourth-order valence-corrected chi connectivity index (χ4v) is 2.81. The number of rotatable bonds is 4. The summed E-state index contributed by atoms with van der Waals surface area (Å²) in [4.78, 5) is 15.7. The molecule has 1 aromatic heterocycles. The number of hydrogen-bond donors (Lipinski definition) is 1. The van der Waals surface area contributed by atoms with Crippen LogP contribution in [0, 0.1) is 5.92 Å². The van der Waals surface area contributed by atoms with Crippen molar-refractivity contribution in [2.24, 2.45) is 5.92 Å². The van der Waals surface area contributed by atoms with Crippen LogP contribution in [0.5, 0.6) is 0 Å². The van der Waals surface area contributed by atoms with E-state index >= 15 is 0 Å². The first-order valence-corrected chi connectivity index (χ1v) is 7.58. The molecule has 0 unspecified atom stereocenters. The number of nitrogens with zero attached hydrogens (tertiary/aromatic N) is 1. The van der Waals surface area contributed by atoms with Crippen molar-refractivity contribution in [1.29, 1.82) is 0 Å². The Morgan fingerprint density at radius 1 is 1.00 bits per heavy atom. The highest BCUT2D eigenvalue weighted by molar-refractivity contribution is 5.78. The van der Waals surface area contributed by atoms with Crippen LogP contribution in [-0.2, 0) is 4.79 Å². The Labute approximate surface area is 133 Å². The second-order valence-electron chi connectivity index (χ2n) is 5.75. The molecule has 0 radical (unpaired) electrons. The molecule has 3 aromatic rings. The van der Waals surface area contributed by atoms with Crippen molar-refractivity contribution < 1.29 is 14.3 Å². The van der Waals surface area contributed by atoms with Gasteiger partial charge in [-0.05, 0) is 6.42 Å². The third-order valence-corrected chi connectivity index (χ3v) is 4.15. The van der Waals surface area contributed by atoms with Gasteiger partial charge in [0.25, 0.3) is 0 Å². The second kappa shape index (κ2) is 5.39. The molecule has 0 saturated heterocycles. The minimum atomic E-state index is -0.782. The Morgan fingerprint density at radius 3 is 2.17 bits per heavy atom. The number of carboxylic acid groups (broad SMARTS) is 1. The van der Waals surface area contributed by atoms with Crippen LogP contribution in [0.1, 0.15) is 18.2 Å². The lowest BCUT2D eigenvalue weighted by atomic mass is 10.1. The molecule has 4 rings (SSSR count). The van der Waals surface area contributed by atoms with Crippen LogP contribution in [0.25, 0.3) is 22.6 Å². The second-order valence-corrected chi connectivity index (χ2v) is 5.75. The minimum absolute atomic E-state index is 0.118. The quantitative estimate of drug-likeness (QED) is 0.784. The minimum Gasteiger partial charge on any atom is -0.481 e. The van der Waals surface area contributed by atoms with Gasteiger partial charge < -0.3 is 9.52 Å². The Bertz CT molecular complexity index is 783. The molecule has 2 aromatic carbocycles. The number of oxazole rings is 1. The molecule has 4 nitrogen and oxygen atoms in total. The lowest BCUT2D eigenvalue weighted by Gasteiger charge is -2.00. The molecule has 0 bridgehead atoms. The topological polar surface area (TPSA) is 63.3 Å². The maximum atomic E-state index is 11.1. The monoisotopic (exact) mass is 305 g/mol. The first-order chi connectivity index (χ1) is 11.2. The molecule has 1 saturated carbocycles. The predicted molar refractivity (Wildman–Crippen MR) is 85.9 cm³/mol. The summed E-state index contributed by atoms with van der Waals surface area (Å²) in [7, 11) is 0. The molecule has 1 heterocycles. The molecule has 1 N–H and O–H groups in total. The van der Waals surface area contributed by atoms with Crippen LogP contribution in [0.4, 0.5) is 0 Å². The van der Waals surface area contributed by atoms with Crippen LogP contribution in [0.15, 0.2) is 65.1 Å². The van der Waals surface area contributed by atoms with E-state index in [1.807, 2.05) is 60.7 Å². The summed E-state index contributed by atoms with van der Waals surface area (Å²) < 4.78 is 5.99. The summed E-state index contributed by atoms with van der Waals surface area (Å²) in [5.74, 6) is -0.0537. The van der Waals surface area contributed by atoms with E-state index in [2.05, 4.69) is 4.98 Å². The fraction of sp³-hybridized carbons (Fsp3) is 0.158.